The molecule has 1 aliphatic rings. The molecule has 0 bridgehead atoms. The molecule has 32 heavy (non-hydrogen) atoms. The fourth-order valence-electron chi connectivity index (χ4n) is 3.86. The number of pyridine rings is 1. The van der Waals surface area contributed by atoms with Gasteiger partial charge in [-0.2, -0.15) is 10.1 Å². The number of carboxylic acid groups (broad SMARTS) is 1. The average Bonchev–Trinajstić information content (AvgIpc) is 3.41. The zero-order valence-corrected chi connectivity index (χ0v) is 18.7. The Morgan fingerprint density at radius 3 is 2.81 bits per heavy atom. The Balaban J connectivity index is 1.78. The first-order valence-electron chi connectivity index (χ1n) is 11.0. The van der Waals surface area contributed by atoms with E-state index in [0.29, 0.717) is 63.3 Å². The molecule has 10 heteroatoms. The van der Waals surface area contributed by atoms with Crippen LogP contribution in [0.25, 0.3) is 11.0 Å². The van der Waals surface area contributed by atoms with Gasteiger partial charge in [-0.25, -0.2) is 9.97 Å². The van der Waals surface area contributed by atoms with E-state index >= 15 is 0 Å². The molecule has 3 aromatic rings. The molecule has 1 fully saturated rings. The Kier molecular flexibility index (Phi) is 6.50. The molecule has 0 spiro atoms. The summed E-state index contributed by atoms with van der Waals surface area (Å²) in [6.07, 6.45) is 3.09. The largest absolute Gasteiger partial charge is 0.481 e. The summed E-state index contributed by atoms with van der Waals surface area (Å²) in [5.74, 6) is 0.582. The first-order chi connectivity index (χ1) is 15.5. The van der Waals surface area contributed by atoms with Crippen molar-refractivity contribution in [1.29, 1.82) is 0 Å². The summed E-state index contributed by atoms with van der Waals surface area (Å²) in [4.78, 5) is 27.5. The highest BCUT2D eigenvalue weighted by Crippen LogP contribution is 2.30. The Morgan fingerprint density at radius 1 is 1.31 bits per heavy atom. The van der Waals surface area contributed by atoms with Crippen molar-refractivity contribution in [2.45, 2.75) is 40.2 Å². The van der Waals surface area contributed by atoms with Gasteiger partial charge in [-0.15, -0.1) is 0 Å². The van der Waals surface area contributed by atoms with Gasteiger partial charge in [0.05, 0.1) is 24.8 Å². The van der Waals surface area contributed by atoms with Crippen LogP contribution in [-0.4, -0.2) is 62.1 Å². The van der Waals surface area contributed by atoms with Gasteiger partial charge in [-0.3, -0.25) is 9.48 Å². The monoisotopic (exact) mass is 439 g/mol. The Labute approximate surface area is 186 Å². The fraction of sp³-hybridized carbons (Fsp3) is 0.500. The van der Waals surface area contributed by atoms with Crippen molar-refractivity contribution < 1.29 is 14.6 Å². The van der Waals surface area contributed by atoms with Gasteiger partial charge in [0.15, 0.2) is 5.82 Å². The van der Waals surface area contributed by atoms with E-state index < -0.39 is 11.9 Å². The van der Waals surface area contributed by atoms with E-state index in [-0.39, 0.29) is 0 Å². The lowest BCUT2D eigenvalue weighted by Gasteiger charge is -2.18. The molecule has 2 N–H and O–H groups in total. The minimum absolute atomic E-state index is 0.392. The van der Waals surface area contributed by atoms with Crippen molar-refractivity contribution in [2.75, 3.05) is 36.5 Å². The van der Waals surface area contributed by atoms with Crippen LogP contribution in [-0.2, 0) is 22.5 Å². The highest BCUT2D eigenvalue weighted by Gasteiger charge is 2.30. The maximum absolute atomic E-state index is 11.4. The standard InChI is InChI=1S/C22H29N7O3/c1-4-16-18-19(29(27-16)10-11-32-5-2)20(24-17-7-6-14(3)12-23-17)26-22(25-18)28-9-8-15(13-28)21(30)31/h6-7,12,15H,4-5,8-11,13H2,1-3H3,(H,30,31)(H,23,24,25,26)/t15-/m1/s1. The summed E-state index contributed by atoms with van der Waals surface area (Å²) in [5.41, 5.74) is 3.49. The first kappa shape index (κ1) is 21.9. The Hall–Kier alpha value is -3.27. The number of carbonyl (C=O) groups is 1. The van der Waals surface area contributed by atoms with E-state index in [4.69, 9.17) is 19.8 Å². The fourth-order valence-corrected chi connectivity index (χ4v) is 3.86. The number of fused-ring (bicyclic) bond motifs is 1. The molecule has 1 atom stereocenters. The highest BCUT2D eigenvalue weighted by atomic mass is 16.5. The van der Waals surface area contributed by atoms with Gasteiger partial charge in [0.25, 0.3) is 0 Å². The molecule has 1 saturated heterocycles. The number of nitrogens with zero attached hydrogens (tertiary/aromatic N) is 6. The van der Waals surface area contributed by atoms with E-state index in [1.807, 2.05) is 42.5 Å². The number of anilines is 3. The van der Waals surface area contributed by atoms with Crippen molar-refractivity contribution in [3.63, 3.8) is 0 Å². The van der Waals surface area contributed by atoms with Crippen LogP contribution < -0.4 is 10.2 Å². The number of carboxylic acids is 1. The molecule has 4 heterocycles. The zero-order valence-electron chi connectivity index (χ0n) is 18.7. The van der Waals surface area contributed by atoms with E-state index in [0.717, 1.165) is 22.3 Å². The normalized spacial score (nSPS) is 16.1. The van der Waals surface area contributed by atoms with Crippen LogP contribution in [0.3, 0.4) is 0 Å². The first-order valence-corrected chi connectivity index (χ1v) is 11.0. The van der Waals surface area contributed by atoms with Gasteiger partial charge in [0.2, 0.25) is 5.95 Å². The van der Waals surface area contributed by atoms with Crippen molar-refractivity contribution >= 4 is 34.6 Å². The number of aromatic nitrogens is 5. The van der Waals surface area contributed by atoms with Crippen LogP contribution in [0.15, 0.2) is 18.3 Å². The minimum atomic E-state index is -0.784. The topological polar surface area (TPSA) is 118 Å². The molecule has 0 radical (unpaired) electrons. The van der Waals surface area contributed by atoms with Crippen molar-refractivity contribution in [3.05, 3.63) is 29.6 Å². The minimum Gasteiger partial charge on any atom is -0.481 e. The number of aryl methyl sites for hydroxylation is 2. The van der Waals surface area contributed by atoms with Crippen LogP contribution in [0.5, 0.6) is 0 Å². The van der Waals surface area contributed by atoms with E-state index in [9.17, 15) is 9.90 Å². The summed E-state index contributed by atoms with van der Waals surface area (Å²) < 4.78 is 7.42. The number of aliphatic carboxylic acids is 1. The maximum Gasteiger partial charge on any atom is 0.308 e. The summed E-state index contributed by atoms with van der Waals surface area (Å²) in [5, 5.41) is 17.5. The summed E-state index contributed by atoms with van der Waals surface area (Å²) in [6, 6.07) is 3.89. The molecule has 4 rings (SSSR count). The lowest BCUT2D eigenvalue weighted by Crippen LogP contribution is -2.25. The molecular formula is C22H29N7O3. The van der Waals surface area contributed by atoms with Crippen molar-refractivity contribution in [3.8, 4) is 0 Å². The number of rotatable bonds is 9. The third kappa shape index (κ3) is 4.50. The smallest absolute Gasteiger partial charge is 0.308 e. The molecule has 0 amide bonds. The molecule has 0 aliphatic carbocycles. The lowest BCUT2D eigenvalue weighted by atomic mass is 10.1. The maximum atomic E-state index is 11.4. The second-order valence-electron chi connectivity index (χ2n) is 7.91. The lowest BCUT2D eigenvalue weighted by molar-refractivity contribution is -0.140. The summed E-state index contributed by atoms with van der Waals surface area (Å²) in [7, 11) is 0. The third-order valence-electron chi connectivity index (χ3n) is 5.61. The van der Waals surface area contributed by atoms with E-state index in [2.05, 4.69) is 10.3 Å². The van der Waals surface area contributed by atoms with Gasteiger partial charge in [0, 0.05) is 25.9 Å². The van der Waals surface area contributed by atoms with Crippen LogP contribution in [0.2, 0.25) is 0 Å². The van der Waals surface area contributed by atoms with Gasteiger partial charge in [0.1, 0.15) is 16.9 Å². The van der Waals surface area contributed by atoms with Gasteiger partial charge < -0.3 is 20.1 Å². The number of ether oxygens (including phenoxy) is 1. The second-order valence-corrected chi connectivity index (χ2v) is 7.91. The molecule has 0 unspecified atom stereocenters. The highest BCUT2D eigenvalue weighted by molar-refractivity contribution is 5.90. The van der Waals surface area contributed by atoms with E-state index in [1.165, 1.54) is 0 Å². The van der Waals surface area contributed by atoms with Gasteiger partial charge in [-0.05, 0) is 38.3 Å². The van der Waals surface area contributed by atoms with E-state index in [1.54, 1.807) is 6.20 Å². The van der Waals surface area contributed by atoms with Crippen LogP contribution in [0.1, 0.15) is 31.5 Å². The molecular weight excluding hydrogens is 410 g/mol. The van der Waals surface area contributed by atoms with Crippen LogP contribution in [0.4, 0.5) is 17.6 Å². The van der Waals surface area contributed by atoms with Crippen LogP contribution in [0, 0.1) is 12.8 Å². The quantitative estimate of drug-likeness (QED) is 0.485. The van der Waals surface area contributed by atoms with Crippen molar-refractivity contribution in [2.24, 2.45) is 5.92 Å². The molecule has 10 nitrogen and oxygen atoms in total. The predicted octanol–water partition coefficient (Wildman–Crippen LogP) is 2.78. The predicted molar refractivity (Wildman–Crippen MR) is 121 cm³/mol. The molecule has 0 saturated carbocycles. The average molecular weight is 440 g/mol. The number of hydrogen-bond acceptors (Lipinski definition) is 8. The Bertz CT molecular complexity index is 1100. The molecule has 3 aromatic heterocycles. The van der Waals surface area contributed by atoms with Gasteiger partial charge in [-0.1, -0.05) is 13.0 Å². The summed E-state index contributed by atoms with van der Waals surface area (Å²) in [6.45, 7) is 8.74. The third-order valence-corrected chi connectivity index (χ3v) is 5.61. The molecule has 1 aliphatic heterocycles. The zero-order chi connectivity index (χ0) is 22.7. The van der Waals surface area contributed by atoms with Crippen LogP contribution >= 0.6 is 0 Å². The van der Waals surface area contributed by atoms with Crippen molar-refractivity contribution in [1.82, 2.24) is 24.7 Å². The summed E-state index contributed by atoms with van der Waals surface area (Å²) >= 11 is 0. The SMILES string of the molecule is CCOCCn1nc(CC)c2nc(N3CC[C@@H](C(=O)O)C3)nc(Nc3ccc(C)cn3)c21. The molecule has 170 valence electrons. The Morgan fingerprint density at radius 2 is 2.16 bits per heavy atom. The number of nitrogens with one attached hydrogen (secondary N) is 1. The molecule has 0 aromatic carbocycles. The van der Waals surface area contributed by atoms with Gasteiger partial charge >= 0.3 is 5.97 Å². The second kappa shape index (κ2) is 9.47. The number of hydrogen-bond donors (Lipinski definition) is 2.